The maximum atomic E-state index is 12.1. The molecule has 28 heavy (non-hydrogen) atoms. The van der Waals surface area contributed by atoms with Crippen LogP contribution in [-0.4, -0.2) is 33.7 Å². The number of nitrogens with one attached hydrogen (secondary N) is 3. The van der Waals surface area contributed by atoms with Gasteiger partial charge in [-0.15, -0.1) is 11.3 Å². The molecule has 0 radical (unpaired) electrons. The van der Waals surface area contributed by atoms with Crippen LogP contribution >= 0.6 is 11.3 Å². The normalized spacial score (nSPS) is 9.29. The van der Waals surface area contributed by atoms with E-state index >= 15 is 0 Å². The van der Waals surface area contributed by atoms with E-state index in [4.69, 9.17) is 5.21 Å². The quantitative estimate of drug-likeness (QED) is 0.276. The zero-order valence-corrected chi connectivity index (χ0v) is 18.4. The second-order valence-corrected chi connectivity index (χ2v) is 4.85. The highest BCUT2D eigenvalue weighted by molar-refractivity contribution is 7.13. The summed E-state index contributed by atoms with van der Waals surface area (Å²) >= 11 is 1.28. The van der Waals surface area contributed by atoms with Crippen molar-refractivity contribution in [3.8, 4) is 0 Å². The molecule has 0 spiro atoms. The van der Waals surface area contributed by atoms with Crippen molar-refractivity contribution in [3.05, 3.63) is 47.1 Å². The van der Waals surface area contributed by atoms with Crippen LogP contribution in [0.1, 0.15) is 48.5 Å². The second-order valence-electron chi connectivity index (χ2n) is 3.95. The maximum absolute atomic E-state index is 12.1. The molecule has 0 aliphatic heterocycles. The van der Waals surface area contributed by atoms with Crippen molar-refractivity contribution < 1.29 is 22.0 Å². The van der Waals surface area contributed by atoms with Gasteiger partial charge in [-0.25, -0.2) is 4.98 Å². The number of rotatable bonds is 5. The number of aromatic nitrogens is 1. The Bertz CT molecular complexity index is 651. The third kappa shape index (κ3) is 9.91. The molecule has 0 saturated heterocycles. The lowest BCUT2D eigenvalue weighted by atomic mass is 10.1. The molecule has 0 aliphatic carbocycles. The predicted molar refractivity (Wildman–Crippen MR) is 121 cm³/mol. The molecule has 1 amide bonds. The van der Waals surface area contributed by atoms with Crippen molar-refractivity contribution in [1.29, 1.82) is 0 Å². The molecule has 7 N–H and O–H groups in total. The third-order valence-corrected chi connectivity index (χ3v) is 3.34. The zero-order chi connectivity index (χ0) is 21.2. The van der Waals surface area contributed by atoms with Gasteiger partial charge in [0.25, 0.3) is 5.91 Å². The average Bonchev–Trinajstić information content (AvgIpc) is 3.26. The van der Waals surface area contributed by atoms with Crippen molar-refractivity contribution in [1.82, 2.24) is 10.3 Å². The standard InChI is InChI=1S/C13H14N4O3S.3C2H6.H2O.H2/c1-14-10(12(19)16-13-15-6-7-21-13)11(18)8-2-4-9(17-20)5-3-8;3*1-2;;/h2-7,14,17-18,20H,1H3,(H,15,16,19);3*1-2H3;1H2;1H/b11-10-;;;;;. The minimum absolute atomic E-state index is 0. The molecular weight excluding hydrogens is 380 g/mol. The Balaban J connectivity index is -0.000000358. The topological polar surface area (TPSA) is 138 Å². The monoisotopic (exact) mass is 416 g/mol. The van der Waals surface area contributed by atoms with Crippen LogP contribution in [0.2, 0.25) is 0 Å². The Kier molecular flexibility index (Phi) is 20.6. The number of likely N-dealkylation sites (N-methyl/N-ethyl adjacent to an activating group) is 1. The second kappa shape index (κ2) is 19.2. The highest BCUT2D eigenvalue weighted by atomic mass is 32.1. The fraction of sp³-hybridized carbons (Fsp3) is 0.368. The molecule has 1 aromatic heterocycles. The van der Waals surface area contributed by atoms with E-state index in [2.05, 4.69) is 15.6 Å². The Hall–Kier alpha value is -2.62. The molecule has 0 atom stereocenters. The molecule has 0 saturated carbocycles. The number of aliphatic hydroxyl groups excluding tert-OH is 1. The van der Waals surface area contributed by atoms with Gasteiger partial charge in [0.15, 0.2) is 10.9 Å². The van der Waals surface area contributed by atoms with Gasteiger partial charge in [0.1, 0.15) is 5.70 Å². The van der Waals surface area contributed by atoms with Gasteiger partial charge < -0.3 is 15.9 Å². The molecule has 0 unspecified atom stereocenters. The minimum atomic E-state index is -0.491. The lowest BCUT2D eigenvalue weighted by Gasteiger charge is -2.10. The van der Waals surface area contributed by atoms with Crippen LogP contribution in [0.4, 0.5) is 10.8 Å². The van der Waals surface area contributed by atoms with Gasteiger partial charge in [-0.3, -0.25) is 20.8 Å². The van der Waals surface area contributed by atoms with Gasteiger partial charge in [0.2, 0.25) is 0 Å². The number of hydrogen-bond donors (Lipinski definition) is 5. The molecule has 1 heterocycles. The van der Waals surface area contributed by atoms with Crippen LogP contribution in [0.15, 0.2) is 41.5 Å². The van der Waals surface area contributed by atoms with Crippen LogP contribution in [-0.2, 0) is 4.79 Å². The van der Waals surface area contributed by atoms with E-state index in [0.717, 1.165) is 0 Å². The van der Waals surface area contributed by atoms with Crippen molar-refractivity contribution in [2.24, 2.45) is 0 Å². The highest BCUT2D eigenvalue weighted by Gasteiger charge is 2.16. The van der Waals surface area contributed by atoms with E-state index in [-0.39, 0.29) is 18.4 Å². The molecule has 0 fully saturated rings. The van der Waals surface area contributed by atoms with E-state index in [0.29, 0.717) is 16.4 Å². The van der Waals surface area contributed by atoms with Crippen molar-refractivity contribution in [3.63, 3.8) is 0 Å². The van der Waals surface area contributed by atoms with Crippen LogP contribution in [0.3, 0.4) is 0 Å². The summed E-state index contributed by atoms with van der Waals surface area (Å²) < 4.78 is 0. The number of hydrogen-bond acceptors (Lipinski definition) is 7. The number of carbonyl (C=O) groups is 1. The molecule has 9 heteroatoms. The first-order chi connectivity index (χ1) is 13.2. The van der Waals surface area contributed by atoms with E-state index in [1.54, 1.807) is 35.8 Å². The van der Waals surface area contributed by atoms with Gasteiger partial charge in [0, 0.05) is 25.6 Å². The van der Waals surface area contributed by atoms with Crippen molar-refractivity contribution in [2.75, 3.05) is 17.8 Å². The molecule has 2 aromatic rings. The van der Waals surface area contributed by atoms with Crippen LogP contribution < -0.4 is 16.1 Å². The van der Waals surface area contributed by atoms with Crippen LogP contribution in [0.25, 0.3) is 5.76 Å². The molecule has 0 bridgehead atoms. The largest absolute Gasteiger partial charge is 0.505 e. The Morgan fingerprint density at radius 2 is 1.61 bits per heavy atom. The van der Waals surface area contributed by atoms with Gasteiger partial charge in [-0.2, -0.15) is 0 Å². The fourth-order valence-electron chi connectivity index (χ4n) is 1.63. The van der Waals surface area contributed by atoms with E-state index < -0.39 is 5.91 Å². The summed E-state index contributed by atoms with van der Waals surface area (Å²) in [7, 11) is 1.54. The fourth-order valence-corrected chi connectivity index (χ4v) is 2.16. The Morgan fingerprint density at radius 3 is 2.00 bits per heavy atom. The number of amides is 1. The van der Waals surface area contributed by atoms with E-state index in [9.17, 15) is 9.90 Å². The average molecular weight is 417 g/mol. The number of aliphatic hydroxyl groups is 1. The Labute approximate surface area is 173 Å². The van der Waals surface area contributed by atoms with Gasteiger partial charge in [-0.1, -0.05) is 41.5 Å². The predicted octanol–water partition coefficient (Wildman–Crippen LogP) is 4.53. The first-order valence-electron chi connectivity index (χ1n) is 8.98. The van der Waals surface area contributed by atoms with Gasteiger partial charge in [0.05, 0.1) is 5.69 Å². The molecule has 8 nitrogen and oxygen atoms in total. The summed E-state index contributed by atoms with van der Waals surface area (Å²) in [5, 5.41) is 26.4. The summed E-state index contributed by atoms with van der Waals surface area (Å²) in [5.74, 6) is -0.689. The first-order valence-corrected chi connectivity index (χ1v) is 9.86. The van der Waals surface area contributed by atoms with Crippen molar-refractivity contribution in [2.45, 2.75) is 41.5 Å². The lowest BCUT2D eigenvalue weighted by molar-refractivity contribution is -0.113. The van der Waals surface area contributed by atoms with Gasteiger partial charge in [-0.05, 0) is 24.3 Å². The molecule has 0 aliphatic rings. The molecular formula is C19H36N4O4S. The maximum Gasteiger partial charge on any atom is 0.277 e. The third-order valence-electron chi connectivity index (χ3n) is 2.65. The number of benzene rings is 1. The number of thiazole rings is 1. The Morgan fingerprint density at radius 1 is 1.07 bits per heavy atom. The lowest BCUT2D eigenvalue weighted by Crippen LogP contribution is -2.24. The summed E-state index contributed by atoms with van der Waals surface area (Å²) in [6.45, 7) is 12.0. The van der Waals surface area contributed by atoms with Gasteiger partial charge >= 0.3 is 0 Å². The number of carbonyl (C=O) groups excluding carboxylic acids is 1. The summed E-state index contributed by atoms with van der Waals surface area (Å²) in [6, 6.07) is 6.28. The molecule has 2 rings (SSSR count). The summed E-state index contributed by atoms with van der Waals surface area (Å²) in [4.78, 5) is 16.0. The highest BCUT2D eigenvalue weighted by Crippen LogP contribution is 2.19. The van der Waals surface area contributed by atoms with E-state index in [1.165, 1.54) is 18.4 Å². The molecule has 162 valence electrons. The van der Waals surface area contributed by atoms with Crippen LogP contribution in [0.5, 0.6) is 0 Å². The van der Waals surface area contributed by atoms with E-state index in [1.807, 2.05) is 47.0 Å². The van der Waals surface area contributed by atoms with Crippen LogP contribution in [0, 0.1) is 0 Å². The smallest absolute Gasteiger partial charge is 0.277 e. The summed E-state index contributed by atoms with van der Waals surface area (Å²) in [6.07, 6.45) is 1.57. The minimum Gasteiger partial charge on any atom is -0.505 e. The summed E-state index contributed by atoms with van der Waals surface area (Å²) in [5.41, 5.74) is 2.93. The van der Waals surface area contributed by atoms with Crippen molar-refractivity contribution >= 4 is 33.8 Å². The first kappa shape index (κ1) is 30.1. The number of nitrogens with zero attached hydrogens (tertiary/aromatic N) is 1. The molecule has 1 aromatic carbocycles. The number of anilines is 2. The zero-order valence-electron chi connectivity index (χ0n) is 17.6. The SMILES string of the molecule is CC.CC.CC.CN/C(C(=O)Nc1nccs1)=C(\O)c1ccc(NO)cc1.O.[HH].